The molecule has 1 N–H and O–H groups in total. The van der Waals surface area contributed by atoms with Crippen LogP contribution < -0.4 is 10.1 Å². The molecule has 0 aliphatic rings. The molecular formula is C20H19N3O2. The minimum atomic E-state index is -0.289. The van der Waals surface area contributed by atoms with Crippen LogP contribution in [0.4, 0.5) is 0 Å². The summed E-state index contributed by atoms with van der Waals surface area (Å²) < 4.78 is 5.21. The van der Waals surface area contributed by atoms with Crippen LogP contribution in [0.2, 0.25) is 0 Å². The van der Waals surface area contributed by atoms with Crippen LogP contribution in [-0.2, 0) is 0 Å². The zero-order valence-corrected chi connectivity index (χ0v) is 14.1. The highest BCUT2D eigenvalue weighted by Crippen LogP contribution is 2.24. The highest BCUT2D eigenvalue weighted by Gasteiger charge is 2.18. The molecule has 3 aromatic rings. The van der Waals surface area contributed by atoms with Gasteiger partial charge in [-0.1, -0.05) is 42.5 Å². The first-order valence-corrected chi connectivity index (χ1v) is 7.96. The first-order chi connectivity index (χ1) is 12.2. The number of aromatic nitrogens is 2. The molecule has 3 rings (SSSR count). The molecule has 0 radical (unpaired) electrons. The van der Waals surface area contributed by atoms with E-state index < -0.39 is 0 Å². The van der Waals surface area contributed by atoms with Crippen molar-refractivity contribution in [1.82, 2.24) is 15.3 Å². The van der Waals surface area contributed by atoms with Crippen molar-refractivity contribution in [2.75, 3.05) is 7.11 Å². The number of rotatable bonds is 5. The summed E-state index contributed by atoms with van der Waals surface area (Å²) in [6, 6.07) is 17.2. The Labute approximate surface area is 146 Å². The molecule has 0 saturated heterocycles. The van der Waals surface area contributed by atoms with Crippen LogP contribution in [-0.4, -0.2) is 23.0 Å². The molecule has 0 unspecified atom stereocenters. The number of carbonyl (C=O) groups is 1. The van der Waals surface area contributed by atoms with E-state index in [-0.39, 0.29) is 11.9 Å². The molecule has 0 fully saturated rings. The topological polar surface area (TPSA) is 64.1 Å². The van der Waals surface area contributed by atoms with Gasteiger partial charge in [0, 0.05) is 6.20 Å². The maximum absolute atomic E-state index is 12.6. The Balaban J connectivity index is 1.90. The second-order valence-corrected chi connectivity index (χ2v) is 5.63. The zero-order valence-electron chi connectivity index (χ0n) is 14.1. The minimum Gasteiger partial charge on any atom is -0.497 e. The number of methoxy groups -OCH3 is 1. The number of nitrogens with one attached hydrogen (secondary N) is 1. The van der Waals surface area contributed by atoms with E-state index in [1.54, 1.807) is 13.3 Å². The smallest absolute Gasteiger partial charge is 0.272 e. The van der Waals surface area contributed by atoms with E-state index in [2.05, 4.69) is 15.3 Å². The molecule has 0 spiro atoms. The lowest BCUT2D eigenvalue weighted by Crippen LogP contribution is -2.30. The first kappa shape index (κ1) is 16.6. The maximum Gasteiger partial charge on any atom is 0.272 e. The summed E-state index contributed by atoms with van der Waals surface area (Å²) in [5.41, 5.74) is 3.01. The lowest BCUT2D eigenvalue weighted by molar-refractivity contribution is 0.0937. The van der Waals surface area contributed by atoms with Crippen molar-refractivity contribution < 1.29 is 9.53 Å². The fourth-order valence-electron chi connectivity index (χ4n) is 2.52. The predicted molar refractivity (Wildman–Crippen MR) is 95.5 cm³/mol. The summed E-state index contributed by atoms with van der Waals surface area (Å²) in [5.74, 6) is 0.503. The van der Waals surface area contributed by atoms with Gasteiger partial charge in [0.2, 0.25) is 0 Å². The van der Waals surface area contributed by atoms with Crippen molar-refractivity contribution in [2.45, 2.75) is 13.0 Å². The van der Waals surface area contributed by atoms with Gasteiger partial charge in [0.05, 0.1) is 25.0 Å². The molecule has 0 saturated carbocycles. The van der Waals surface area contributed by atoms with Crippen molar-refractivity contribution in [2.24, 2.45) is 0 Å². The van der Waals surface area contributed by atoms with Crippen molar-refractivity contribution in [3.8, 4) is 5.75 Å². The van der Waals surface area contributed by atoms with Gasteiger partial charge in [-0.15, -0.1) is 0 Å². The molecule has 25 heavy (non-hydrogen) atoms. The van der Waals surface area contributed by atoms with Gasteiger partial charge >= 0.3 is 0 Å². The Morgan fingerprint density at radius 2 is 1.64 bits per heavy atom. The number of hydrogen-bond donors (Lipinski definition) is 1. The number of benzene rings is 2. The zero-order chi connectivity index (χ0) is 17.6. The Morgan fingerprint density at radius 1 is 0.960 bits per heavy atom. The summed E-state index contributed by atoms with van der Waals surface area (Å²) in [4.78, 5) is 20.9. The summed E-state index contributed by atoms with van der Waals surface area (Å²) in [7, 11) is 1.63. The van der Waals surface area contributed by atoms with Crippen LogP contribution >= 0.6 is 0 Å². The third-order valence-corrected chi connectivity index (χ3v) is 3.87. The maximum atomic E-state index is 12.6. The average Bonchev–Trinajstić information content (AvgIpc) is 2.67. The van der Waals surface area contributed by atoms with E-state index in [0.29, 0.717) is 5.69 Å². The third kappa shape index (κ3) is 4.01. The van der Waals surface area contributed by atoms with Gasteiger partial charge in [0.15, 0.2) is 0 Å². The fourth-order valence-corrected chi connectivity index (χ4v) is 2.52. The molecule has 5 heteroatoms. The van der Waals surface area contributed by atoms with Gasteiger partial charge in [-0.25, -0.2) is 4.98 Å². The largest absolute Gasteiger partial charge is 0.497 e. The molecule has 1 aromatic heterocycles. The number of ether oxygens (including phenoxy) is 1. The quantitative estimate of drug-likeness (QED) is 0.778. The van der Waals surface area contributed by atoms with Crippen molar-refractivity contribution >= 4 is 5.91 Å². The second-order valence-electron chi connectivity index (χ2n) is 5.63. The van der Waals surface area contributed by atoms with Gasteiger partial charge in [0.1, 0.15) is 11.4 Å². The number of aryl methyl sites for hydroxylation is 1. The minimum absolute atomic E-state index is 0.267. The molecular weight excluding hydrogens is 314 g/mol. The molecule has 5 nitrogen and oxygen atoms in total. The Morgan fingerprint density at radius 3 is 2.24 bits per heavy atom. The van der Waals surface area contributed by atoms with Crippen LogP contribution in [0.1, 0.15) is 33.4 Å². The highest BCUT2D eigenvalue weighted by atomic mass is 16.5. The molecule has 0 bridgehead atoms. The van der Waals surface area contributed by atoms with Crippen LogP contribution in [0.25, 0.3) is 0 Å². The molecule has 126 valence electrons. The number of carbonyl (C=O) groups excluding carboxylic acids is 1. The van der Waals surface area contributed by atoms with Gasteiger partial charge < -0.3 is 10.1 Å². The van der Waals surface area contributed by atoms with Crippen LogP contribution in [0.5, 0.6) is 5.75 Å². The normalized spacial score (nSPS) is 11.6. The Bertz CT molecular complexity index is 831. The van der Waals surface area contributed by atoms with Gasteiger partial charge in [-0.2, -0.15) is 0 Å². The lowest BCUT2D eigenvalue weighted by Gasteiger charge is -2.20. The standard InChI is InChI=1S/C20H19N3O2/c1-14-12-22-18(13-21-14)20(24)23-19(15-6-4-3-5-7-15)16-8-10-17(25-2)11-9-16/h3-13,19H,1-2H3,(H,23,24)/t19-/m0/s1. The predicted octanol–water partition coefficient (Wildman–Crippen LogP) is 3.31. The molecule has 2 aromatic carbocycles. The Kier molecular flexibility index (Phi) is 5.04. The van der Waals surface area contributed by atoms with Gasteiger partial charge in [0.25, 0.3) is 5.91 Å². The van der Waals surface area contributed by atoms with Gasteiger partial charge in [-0.3, -0.25) is 9.78 Å². The molecule has 1 heterocycles. The van der Waals surface area contributed by atoms with Crippen LogP contribution in [0, 0.1) is 6.92 Å². The van der Waals surface area contributed by atoms with E-state index in [1.807, 2.05) is 61.5 Å². The van der Waals surface area contributed by atoms with E-state index in [0.717, 1.165) is 22.6 Å². The molecule has 1 atom stereocenters. The average molecular weight is 333 g/mol. The SMILES string of the molecule is COc1ccc([C@@H](NC(=O)c2cnc(C)cn2)c2ccccc2)cc1. The van der Waals surface area contributed by atoms with E-state index in [4.69, 9.17) is 4.74 Å². The Hall–Kier alpha value is -3.21. The molecule has 0 aliphatic heterocycles. The lowest BCUT2D eigenvalue weighted by atomic mass is 9.98. The summed E-state index contributed by atoms with van der Waals surface area (Å²) in [6.07, 6.45) is 3.07. The number of nitrogens with zero attached hydrogens (tertiary/aromatic N) is 2. The van der Waals surface area contributed by atoms with Crippen molar-refractivity contribution in [1.29, 1.82) is 0 Å². The van der Waals surface area contributed by atoms with E-state index >= 15 is 0 Å². The summed E-state index contributed by atoms with van der Waals surface area (Å²) >= 11 is 0. The number of hydrogen-bond acceptors (Lipinski definition) is 4. The fraction of sp³-hybridized carbons (Fsp3) is 0.150. The van der Waals surface area contributed by atoms with Crippen molar-refractivity contribution in [3.05, 3.63) is 89.5 Å². The third-order valence-electron chi connectivity index (χ3n) is 3.87. The van der Waals surface area contributed by atoms with Crippen molar-refractivity contribution in [3.63, 3.8) is 0 Å². The first-order valence-electron chi connectivity index (χ1n) is 7.96. The second kappa shape index (κ2) is 7.57. The van der Waals surface area contributed by atoms with E-state index in [1.165, 1.54) is 6.20 Å². The number of amides is 1. The molecule has 1 amide bonds. The highest BCUT2D eigenvalue weighted by molar-refractivity contribution is 5.92. The van der Waals surface area contributed by atoms with Crippen LogP contribution in [0.15, 0.2) is 67.0 Å². The van der Waals surface area contributed by atoms with Gasteiger partial charge in [-0.05, 0) is 30.2 Å². The summed E-state index contributed by atoms with van der Waals surface area (Å²) in [6.45, 7) is 1.83. The van der Waals surface area contributed by atoms with Crippen LogP contribution in [0.3, 0.4) is 0 Å². The van der Waals surface area contributed by atoms with E-state index in [9.17, 15) is 4.79 Å². The molecule has 0 aliphatic carbocycles. The monoisotopic (exact) mass is 333 g/mol. The summed E-state index contributed by atoms with van der Waals surface area (Å²) in [5, 5.41) is 3.04.